The summed E-state index contributed by atoms with van der Waals surface area (Å²) in [6, 6.07) is 3.09. The Morgan fingerprint density at radius 2 is 1.90 bits per heavy atom. The smallest absolute Gasteiger partial charge is 0.154 e. The fourth-order valence-corrected chi connectivity index (χ4v) is 2.61. The normalized spacial score (nSPS) is 12.0. The molecule has 110 valence electrons. The summed E-state index contributed by atoms with van der Waals surface area (Å²) in [4.78, 5) is 11.3. The van der Waals surface area contributed by atoms with Gasteiger partial charge in [-0.3, -0.25) is 4.90 Å². The molecule has 0 amide bonds. The lowest BCUT2D eigenvalue weighted by Crippen LogP contribution is -2.40. The van der Waals surface area contributed by atoms with Gasteiger partial charge in [0.15, 0.2) is 5.82 Å². The molecular weight excluding hydrogens is 250 g/mol. The summed E-state index contributed by atoms with van der Waals surface area (Å²) in [7, 11) is 2.00. The van der Waals surface area contributed by atoms with Crippen LogP contribution in [0.3, 0.4) is 0 Å². The highest BCUT2D eigenvalue weighted by Gasteiger charge is 2.13. The molecule has 0 saturated heterocycles. The van der Waals surface area contributed by atoms with E-state index in [1.54, 1.807) is 0 Å². The zero-order valence-corrected chi connectivity index (χ0v) is 13.1. The Bertz CT molecular complexity index is 550. The van der Waals surface area contributed by atoms with Crippen LogP contribution in [0.15, 0.2) is 18.6 Å². The monoisotopic (exact) mass is 275 g/mol. The van der Waals surface area contributed by atoms with Crippen molar-refractivity contribution in [1.29, 1.82) is 0 Å². The first-order chi connectivity index (χ1) is 9.50. The molecule has 0 radical (unpaired) electrons. The SMILES string of the molecule is CC(C)N(CCNc1nccc2c1ncn2C)C(C)C. The second kappa shape index (κ2) is 6.22. The first kappa shape index (κ1) is 14.8. The molecular formula is C15H25N5. The summed E-state index contributed by atoms with van der Waals surface area (Å²) in [6.45, 7) is 10.8. The van der Waals surface area contributed by atoms with Crippen LogP contribution in [0, 0.1) is 0 Å². The molecule has 0 atom stereocenters. The fourth-order valence-electron chi connectivity index (χ4n) is 2.61. The highest BCUT2D eigenvalue weighted by Crippen LogP contribution is 2.18. The van der Waals surface area contributed by atoms with Crippen LogP contribution in [-0.2, 0) is 7.05 Å². The molecule has 0 spiro atoms. The zero-order valence-electron chi connectivity index (χ0n) is 13.1. The lowest BCUT2D eigenvalue weighted by Gasteiger charge is -2.30. The lowest BCUT2D eigenvalue weighted by atomic mass is 10.2. The predicted octanol–water partition coefficient (Wildman–Crippen LogP) is 2.50. The summed E-state index contributed by atoms with van der Waals surface area (Å²) in [5.41, 5.74) is 2.04. The van der Waals surface area contributed by atoms with Crippen molar-refractivity contribution in [1.82, 2.24) is 19.4 Å². The van der Waals surface area contributed by atoms with Gasteiger partial charge in [-0.15, -0.1) is 0 Å². The molecule has 0 unspecified atom stereocenters. The van der Waals surface area contributed by atoms with Crippen molar-refractivity contribution >= 4 is 16.9 Å². The van der Waals surface area contributed by atoms with E-state index in [0.29, 0.717) is 12.1 Å². The number of imidazole rings is 1. The van der Waals surface area contributed by atoms with E-state index in [-0.39, 0.29) is 0 Å². The molecule has 0 saturated carbocycles. The van der Waals surface area contributed by atoms with Gasteiger partial charge in [-0.05, 0) is 33.8 Å². The van der Waals surface area contributed by atoms with Crippen LogP contribution in [0.5, 0.6) is 0 Å². The number of hydrogen-bond donors (Lipinski definition) is 1. The first-order valence-corrected chi connectivity index (χ1v) is 7.26. The summed E-state index contributed by atoms with van der Waals surface area (Å²) in [5, 5.41) is 3.41. The van der Waals surface area contributed by atoms with Crippen LogP contribution in [0.2, 0.25) is 0 Å². The average Bonchev–Trinajstić information content (AvgIpc) is 2.76. The van der Waals surface area contributed by atoms with Gasteiger partial charge in [-0.1, -0.05) is 0 Å². The number of nitrogens with one attached hydrogen (secondary N) is 1. The molecule has 0 fully saturated rings. The van der Waals surface area contributed by atoms with E-state index in [1.807, 2.05) is 30.2 Å². The summed E-state index contributed by atoms with van der Waals surface area (Å²) in [5.74, 6) is 0.871. The van der Waals surface area contributed by atoms with E-state index in [2.05, 4.69) is 47.9 Å². The van der Waals surface area contributed by atoms with Gasteiger partial charge in [0.2, 0.25) is 0 Å². The summed E-state index contributed by atoms with van der Waals surface area (Å²) >= 11 is 0. The van der Waals surface area contributed by atoms with Crippen LogP contribution < -0.4 is 5.32 Å². The number of hydrogen-bond acceptors (Lipinski definition) is 4. The van der Waals surface area contributed by atoms with Gasteiger partial charge in [-0.2, -0.15) is 0 Å². The Kier molecular flexibility index (Phi) is 4.60. The topological polar surface area (TPSA) is 46.0 Å². The second-order valence-electron chi connectivity index (χ2n) is 5.73. The number of aromatic nitrogens is 3. The largest absolute Gasteiger partial charge is 0.367 e. The van der Waals surface area contributed by atoms with Crippen molar-refractivity contribution in [2.24, 2.45) is 7.05 Å². The Morgan fingerprint density at radius 1 is 1.20 bits per heavy atom. The minimum atomic E-state index is 0.551. The third kappa shape index (κ3) is 3.10. The van der Waals surface area contributed by atoms with Crippen LogP contribution in [-0.4, -0.2) is 44.6 Å². The van der Waals surface area contributed by atoms with Gasteiger partial charge < -0.3 is 9.88 Å². The van der Waals surface area contributed by atoms with Crippen molar-refractivity contribution in [2.45, 2.75) is 39.8 Å². The molecule has 0 bridgehead atoms. The minimum absolute atomic E-state index is 0.551. The Hall–Kier alpha value is -1.62. The molecule has 5 nitrogen and oxygen atoms in total. The van der Waals surface area contributed by atoms with Crippen LogP contribution in [0.1, 0.15) is 27.7 Å². The van der Waals surface area contributed by atoms with Gasteiger partial charge >= 0.3 is 0 Å². The zero-order chi connectivity index (χ0) is 14.7. The maximum absolute atomic E-state index is 4.41. The van der Waals surface area contributed by atoms with E-state index in [9.17, 15) is 0 Å². The number of anilines is 1. The van der Waals surface area contributed by atoms with E-state index in [0.717, 1.165) is 29.9 Å². The van der Waals surface area contributed by atoms with Crippen molar-refractivity contribution in [2.75, 3.05) is 18.4 Å². The van der Waals surface area contributed by atoms with E-state index >= 15 is 0 Å². The highest BCUT2D eigenvalue weighted by atomic mass is 15.2. The third-order valence-electron chi connectivity index (χ3n) is 3.63. The number of fused-ring (bicyclic) bond motifs is 1. The van der Waals surface area contributed by atoms with Gasteiger partial charge in [0.1, 0.15) is 5.52 Å². The van der Waals surface area contributed by atoms with Gasteiger partial charge in [-0.25, -0.2) is 9.97 Å². The molecule has 0 aliphatic carbocycles. The molecule has 0 aliphatic rings. The fraction of sp³-hybridized carbons (Fsp3) is 0.600. The molecule has 2 aromatic heterocycles. The molecule has 20 heavy (non-hydrogen) atoms. The van der Waals surface area contributed by atoms with Crippen molar-refractivity contribution in [3.8, 4) is 0 Å². The molecule has 2 rings (SSSR count). The standard InChI is InChI=1S/C15H25N5/c1-11(2)20(12(3)4)9-8-17-15-14-13(6-7-16-15)19(5)10-18-14/h6-7,10-12H,8-9H2,1-5H3,(H,16,17). The third-order valence-corrected chi connectivity index (χ3v) is 3.63. The highest BCUT2D eigenvalue weighted by molar-refractivity contribution is 5.85. The average molecular weight is 275 g/mol. The van der Waals surface area contributed by atoms with E-state index in [1.165, 1.54) is 0 Å². The maximum atomic E-state index is 4.41. The van der Waals surface area contributed by atoms with Gasteiger partial charge in [0, 0.05) is 38.4 Å². The number of pyridine rings is 1. The molecule has 0 aliphatic heterocycles. The van der Waals surface area contributed by atoms with Crippen molar-refractivity contribution < 1.29 is 0 Å². The lowest BCUT2D eigenvalue weighted by molar-refractivity contribution is 0.182. The summed E-state index contributed by atoms with van der Waals surface area (Å²) in [6.07, 6.45) is 3.65. The van der Waals surface area contributed by atoms with Crippen LogP contribution in [0.25, 0.3) is 11.0 Å². The molecule has 0 aromatic carbocycles. The second-order valence-corrected chi connectivity index (χ2v) is 5.73. The van der Waals surface area contributed by atoms with Crippen molar-refractivity contribution in [3.63, 3.8) is 0 Å². The van der Waals surface area contributed by atoms with Crippen molar-refractivity contribution in [3.05, 3.63) is 18.6 Å². The first-order valence-electron chi connectivity index (χ1n) is 7.26. The predicted molar refractivity (Wildman–Crippen MR) is 84.0 cm³/mol. The number of aryl methyl sites for hydroxylation is 1. The van der Waals surface area contributed by atoms with E-state index in [4.69, 9.17) is 0 Å². The number of rotatable bonds is 6. The quantitative estimate of drug-likeness (QED) is 0.880. The number of nitrogens with zero attached hydrogens (tertiary/aromatic N) is 4. The molecule has 2 aromatic rings. The molecule has 1 N–H and O–H groups in total. The van der Waals surface area contributed by atoms with Gasteiger partial charge in [0.25, 0.3) is 0 Å². The Morgan fingerprint density at radius 3 is 2.55 bits per heavy atom. The maximum Gasteiger partial charge on any atom is 0.154 e. The minimum Gasteiger partial charge on any atom is -0.367 e. The van der Waals surface area contributed by atoms with E-state index < -0.39 is 0 Å². The van der Waals surface area contributed by atoms with Crippen LogP contribution in [0.4, 0.5) is 5.82 Å². The Labute approximate surface area is 121 Å². The van der Waals surface area contributed by atoms with Gasteiger partial charge in [0.05, 0.1) is 11.8 Å². The molecule has 2 heterocycles. The van der Waals surface area contributed by atoms with Crippen LogP contribution >= 0.6 is 0 Å². The Balaban J connectivity index is 2.03. The molecule has 5 heteroatoms. The summed E-state index contributed by atoms with van der Waals surface area (Å²) < 4.78 is 2.01.